The number of rotatable bonds is 4. The Balaban J connectivity index is 1.80. The van der Waals surface area contributed by atoms with E-state index >= 15 is 0 Å². The Labute approximate surface area is 156 Å². The van der Waals surface area contributed by atoms with Gasteiger partial charge in [0.1, 0.15) is 13.2 Å². The zero-order valence-corrected chi connectivity index (χ0v) is 15.7. The normalized spacial score (nSPS) is 13.4. The van der Waals surface area contributed by atoms with Crippen molar-refractivity contribution < 1.29 is 22.3 Å². The Hall–Kier alpha value is -3.00. The van der Waals surface area contributed by atoms with Crippen molar-refractivity contribution in [3.63, 3.8) is 0 Å². The van der Waals surface area contributed by atoms with Crippen LogP contribution in [0.3, 0.4) is 0 Å². The maximum atomic E-state index is 13.2. The fraction of sp³-hybridized carbons (Fsp3) is 0.211. The lowest BCUT2D eigenvalue weighted by Crippen LogP contribution is -2.16. The van der Waals surface area contributed by atoms with Gasteiger partial charge in [-0.05, 0) is 31.2 Å². The number of anilines is 1. The van der Waals surface area contributed by atoms with Gasteiger partial charge in [-0.2, -0.15) is 4.98 Å². The molecule has 3 aromatic rings. The van der Waals surface area contributed by atoms with Crippen LogP contribution in [0.5, 0.6) is 11.5 Å². The maximum absolute atomic E-state index is 13.2. The van der Waals surface area contributed by atoms with Gasteiger partial charge in [0.25, 0.3) is 0 Å². The fourth-order valence-electron chi connectivity index (χ4n) is 2.85. The number of sulfone groups is 1. The van der Waals surface area contributed by atoms with E-state index in [-0.39, 0.29) is 21.7 Å². The van der Waals surface area contributed by atoms with Crippen LogP contribution in [0.15, 0.2) is 56.8 Å². The zero-order valence-electron chi connectivity index (χ0n) is 14.9. The van der Waals surface area contributed by atoms with Gasteiger partial charge in [-0.3, -0.25) is 0 Å². The molecular weight excluding hydrogens is 368 g/mol. The summed E-state index contributed by atoms with van der Waals surface area (Å²) < 4.78 is 42.9. The molecule has 8 heteroatoms. The molecule has 0 unspecified atom stereocenters. The zero-order chi connectivity index (χ0) is 19.0. The lowest BCUT2D eigenvalue weighted by atomic mass is 10.1. The summed E-state index contributed by atoms with van der Waals surface area (Å²) in [5, 5.41) is 2.61. The van der Waals surface area contributed by atoms with Gasteiger partial charge in [0.05, 0.1) is 4.90 Å². The quantitative estimate of drug-likeness (QED) is 0.736. The number of nitrogens with one attached hydrogen (secondary N) is 1. The maximum Gasteiger partial charge on any atom is 0.233 e. The lowest BCUT2D eigenvalue weighted by molar-refractivity contribution is 0.171. The van der Waals surface area contributed by atoms with E-state index in [9.17, 15) is 8.42 Å². The van der Waals surface area contributed by atoms with Gasteiger partial charge in [0, 0.05) is 18.7 Å². The van der Waals surface area contributed by atoms with Crippen LogP contribution in [0.2, 0.25) is 0 Å². The number of nitrogens with zero attached hydrogens (tertiary/aromatic N) is 1. The second-order valence-electron chi connectivity index (χ2n) is 6.08. The fourth-order valence-corrected chi connectivity index (χ4v) is 4.17. The number of oxazole rings is 1. The molecule has 7 nitrogen and oxygen atoms in total. The van der Waals surface area contributed by atoms with E-state index < -0.39 is 9.84 Å². The van der Waals surface area contributed by atoms with E-state index in [0.717, 1.165) is 5.56 Å². The van der Waals surface area contributed by atoms with E-state index in [0.29, 0.717) is 30.3 Å². The monoisotopic (exact) mass is 386 g/mol. The molecule has 1 N–H and O–H groups in total. The van der Waals surface area contributed by atoms with Gasteiger partial charge in [0.2, 0.25) is 26.6 Å². The molecule has 0 amide bonds. The molecule has 2 aromatic carbocycles. The summed E-state index contributed by atoms with van der Waals surface area (Å²) in [6.45, 7) is 2.75. The largest absolute Gasteiger partial charge is 0.486 e. The van der Waals surface area contributed by atoms with E-state index in [1.807, 2.05) is 31.2 Å². The molecule has 0 radical (unpaired) electrons. The Kier molecular flexibility index (Phi) is 4.27. The average Bonchev–Trinajstić information content (AvgIpc) is 3.13. The molecule has 1 aliphatic heterocycles. The summed E-state index contributed by atoms with van der Waals surface area (Å²) >= 11 is 0. The number of aryl methyl sites for hydroxylation is 1. The number of aromatic nitrogens is 1. The van der Waals surface area contributed by atoms with Crippen LogP contribution in [0.1, 0.15) is 5.56 Å². The minimum Gasteiger partial charge on any atom is -0.486 e. The lowest BCUT2D eigenvalue weighted by Gasteiger charge is -2.18. The highest BCUT2D eigenvalue weighted by Gasteiger charge is 2.29. The molecule has 0 saturated heterocycles. The summed E-state index contributed by atoms with van der Waals surface area (Å²) in [4.78, 5) is 4.33. The van der Waals surface area contributed by atoms with Crippen LogP contribution in [0, 0.1) is 6.92 Å². The van der Waals surface area contributed by atoms with Crippen molar-refractivity contribution in [2.75, 3.05) is 25.6 Å². The third-order valence-corrected chi connectivity index (χ3v) is 5.83. The van der Waals surface area contributed by atoms with Crippen molar-refractivity contribution in [1.82, 2.24) is 4.98 Å². The molecule has 4 rings (SSSR count). The first kappa shape index (κ1) is 17.4. The SMILES string of the molecule is CNc1oc(-c2cccc(C)c2)nc1S(=O)(=O)c1ccc2c(c1)OCCO2. The Morgan fingerprint density at radius 3 is 2.56 bits per heavy atom. The number of fused-ring (bicyclic) bond motifs is 1. The molecule has 27 heavy (non-hydrogen) atoms. The third-order valence-electron chi connectivity index (χ3n) is 4.17. The Bertz CT molecular complexity index is 1110. The highest BCUT2D eigenvalue weighted by atomic mass is 32.2. The van der Waals surface area contributed by atoms with Gasteiger partial charge >= 0.3 is 0 Å². The molecule has 0 saturated carbocycles. The Morgan fingerprint density at radius 2 is 1.81 bits per heavy atom. The summed E-state index contributed by atoms with van der Waals surface area (Å²) in [6.07, 6.45) is 0. The highest BCUT2D eigenvalue weighted by Crippen LogP contribution is 2.36. The number of ether oxygens (including phenoxy) is 2. The minimum absolute atomic E-state index is 0.0624. The van der Waals surface area contributed by atoms with Crippen molar-refractivity contribution >= 4 is 15.7 Å². The van der Waals surface area contributed by atoms with Crippen LogP contribution < -0.4 is 14.8 Å². The summed E-state index contributed by atoms with van der Waals surface area (Å²) in [7, 11) is -2.33. The van der Waals surface area contributed by atoms with Gasteiger partial charge in [-0.1, -0.05) is 17.7 Å². The molecule has 0 fully saturated rings. The number of benzene rings is 2. The van der Waals surface area contributed by atoms with Crippen LogP contribution in [0.4, 0.5) is 5.88 Å². The molecule has 1 aromatic heterocycles. The van der Waals surface area contributed by atoms with E-state index in [2.05, 4.69) is 10.3 Å². The molecule has 0 spiro atoms. The van der Waals surface area contributed by atoms with Crippen LogP contribution in [-0.2, 0) is 9.84 Å². The molecule has 0 aliphatic carbocycles. The van der Waals surface area contributed by atoms with E-state index in [1.165, 1.54) is 12.1 Å². The van der Waals surface area contributed by atoms with Crippen LogP contribution in [0.25, 0.3) is 11.5 Å². The molecule has 0 bridgehead atoms. The number of hydrogen-bond acceptors (Lipinski definition) is 7. The second kappa shape index (κ2) is 6.62. The first-order valence-electron chi connectivity index (χ1n) is 8.39. The van der Waals surface area contributed by atoms with Gasteiger partial charge in [0.15, 0.2) is 11.5 Å². The molecule has 0 atom stereocenters. The van der Waals surface area contributed by atoms with Crippen molar-refractivity contribution in [3.8, 4) is 23.0 Å². The Morgan fingerprint density at radius 1 is 1.04 bits per heavy atom. The summed E-state index contributed by atoms with van der Waals surface area (Å²) in [5.74, 6) is 1.24. The van der Waals surface area contributed by atoms with Crippen LogP contribution in [-0.4, -0.2) is 33.7 Å². The first-order valence-corrected chi connectivity index (χ1v) is 9.88. The first-order chi connectivity index (χ1) is 13.0. The van der Waals surface area contributed by atoms with Crippen molar-refractivity contribution in [1.29, 1.82) is 0 Å². The van der Waals surface area contributed by atoms with Gasteiger partial charge in [-0.15, -0.1) is 0 Å². The predicted octanol–water partition coefficient (Wildman–Crippen LogP) is 3.30. The van der Waals surface area contributed by atoms with E-state index in [4.69, 9.17) is 13.9 Å². The van der Waals surface area contributed by atoms with Crippen LogP contribution >= 0.6 is 0 Å². The summed E-state index contributed by atoms with van der Waals surface area (Å²) in [5.41, 5.74) is 1.73. The summed E-state index contributed by atoms with van der Waals surface area (Å²) in [6, 6.07) is 12.0. The van der Waals surface area contributed by atoms with Crippen molar-refractivity contribution in [2.45, 2.75) is 16.8 Å². The highest BCUT2D eigenvalue weighted by molar-refractivity contribution is 7.91. The van der Waals surface area contributed by atoms with E-state index in [1.54, 1.807) is 13.1 Å². The molecule has 2 heterocycles. The molecular formula is C19H18N2O5S. The predicted molar refractivity (Wildman–Crippen MR) is 99.1 cm³/mol. The third kappa shape index (κ3) is 3.12. The molecule has 140 valence electrons. The topological polar surface area (TPSA) is 90.7 Å². The smallest absolute Gasteiger partial charge is 0.233 e. The van der Waals surface area contributed by atoms with Gasteiger partial charge in [-0.25, -0.2) is 8.42 Å². The average molecular weight is 386 g/mol. The van der Waals surface area contributed by atoms with Crippen molar-refractivity contribution in [3.05, 3.63) is 48.0 Å². The minimum atomic E-state index is -3.92. The standard InChI is InChI=1S/C19H18N2O5S/c1-12-4-3-5-13(10-12)17-21-19(18(20-2)26-17)27(22,23)14-6-7-15-16(11-14)25-9-8-24-15/h3-7,10-11,20H,8-9H2,1-2H3. The second-order valence-corrected chi connectivity index (χ2v) is 7.95. The molecule has 1 aliphatic rings. The number of hydrogen-bond donors (Lipinski definition) is 1. The van der Waals surface area contributed by atoms with Crippen molar-refractivity contribution in [2.24, 2.45) is 0 Å². The van der Waals surface area contributed by atoms with Gasteiger partial charge < -0.3 is 19.2 Å².